The number of hydrogen-bond acceptors (Lipinski definition) is 7. The summed E-state index contributed by atoms with van der Waals surface area (Å²) in [7, 11) is 1.28. The van der Waals surface area contributed by atoms with E-state index in [1.54, 1.807) is 27.7 Å². The van der Waals surface area contributed by atoms with Gasteiger partial charge in [-0.2, -0.15) is 0 Å². The van der Waals surface area contributed by atoms with E-state index in [1.165, 1.54) is 7.05 Å². The maximum Gasteiger partial charge on any atom is 0.407 e. The monoisotopic (exact) mass is 398 g/mol. The lowest BCUT2D eigenvalue weighted by Gasteiger charge is -2.27. The number of alkyl carbamates (subject to hydrolysis) is 1. The summed E-state index contributed by atoms with van der Waals surface area (Å²) >= 11 is 0. The maximum atomic E-state index is 12.6. The van der Waals surface area contributed by atoms with Gasteiger partial charge in [0.05, 0.1) is 12.1 Å². The minimum atomic E-state index is -1.05. The van der Waals surface area contributed by atoms with Gasteiger partial charge in [0.25, 0.3) is 0 Å². The number of nitrogens with zero attached hydrogens (tertiary/aromatic N) is 3. The van der Waals surface area contributed by atoms with Crippen molar-refractivity contribution in [3.05, 3.63) is 44.1 Å². The fraction of sp³-hybridized carbons (Fsp3) is 0.588. The number of aromatic nitrogens is 3. The van der Waals surface area contributed by atoms with E-state index in [2.05, 4.69) is 16.6 Å². The number of hydrogen-bond donors (Lipinski definition) is 1. The Morgan fingerprint density at radius 2 is 1.68 bits per heavy atom. The van der Waals surface area contributed by atoms with Crippen molar-refractivity contribution in [1.82, 2.24) is 19.0 Å². The summed E-state index contributed by atoms with van der Waals surface area (Å²) in [5, 5.41) is 2.53. The van der Waals surface area contributed by atoms with Crippen molar-refractivity contribution in [2.45, 2.75) is 45.8 Å². The van der Waals surface area contributed by atoms with Crippen molar-refractivity contribution in [2.24, 2.45) is 7.05 Å². The molecule has 0 fully saturated rings. The van der Waals surface area contributed by atoms with Crippen LogP contribution in [0.25, 0.3) is 0 Å². The summed E-state index contributed by atoms with van der Waals surface area (Å²) in [4.78, 5) is 59.9. The van der Waals surface area contributed by atoms with Gasteiger partial charge in [0.1, 0.15) is 13.2 Å². The Balaban J connectivity index is 2.92. The minimum absolute atomic E-state index is 0.141. The number of nitrogens with one attached hydrogen (secondary N) is 1. The molecular weight excluding hydrogens is 372 g/mol. The van der Waals surface area contributed by atoms with Crippen LogP contribution in [0.15, 0.2) is 27.0 Å². The van der Waals surface area contributed by atoms with Gasteiger partial charge in [-0.05, 0) is 27.7 Å². The number of amides is 1. The molecule has 1 aromatic rings. The third-order valence-corrected chi connectivity index (χ3v) is 3.69. The van der Waals surface area contributed by atoms with Crippen molar-refractivity contribution >= 4 is 12.1 Å². The van der Waals surface area contributed by atoms with E-state index in [0.29, 0.717) is 0 Å². The number of rotatable bonds is 8. The predicted octanol–water partition coefficient (Wildman–Crippen LogP) is -0.476. The van der Waals surface area contributed by atoms with Crippen molar-refractivity contribution in [1.29, 1.82) is 0 Å². The van der Waals surface area contributed by atoms with Crippen LogP contribution in [0, 0.1) is 0 Å². The normalized spacial score (nSPS) is 11.2. The van der Waals surface area contributed by atoms with E-state index >= 15 is 0 Å². The molecule has 0 spiro atoms. The average Bonchev–Trinajstić information content (AvgIpc) is 2.59. The van der Waals surface area contributed by atoms with Crippen molar-refractivity contribution in [3.63, 3.8) is 0 Å². The highest BCUT2D eigenvalue weighted by Gasteiger charge is 2.26. The smallest absolute Gasteiger partial charge is 0.407 e. The van der Waals surface area contributed by atoms with Crippen LogP contribution < -0.4 is 22.4 Å². The van der Waals surface area contributed by atoms with Crippen LogP contribution in [0.3, 0.4) is 0 Å². The molecule has 1 amide bonds. The van der Waals surface area contributed by atoms with Crippen molar-refractivity contribution < 1.29 is 19.1 Å². The van der Waals surface area contributed by atoms with Gasteiger partial charge < -0.3 is 14.8 Å². The highest BCUT2D eigenvalue weighted by Crippen LogP contribution is 2.05. The largest absolute Gasteiger partial charge is 0.459 e. The van der Waals surface area contributed by atoms with E-state index in [4.69, 9.17) is 4.74 Å². The zero-order valence-electron chi connectivity index (χ0n) is 16.7. The number of esters is 1. The topological polar surface area (TPSA) is 131 Å². The molecule has 28 heavy (non-hydrogen) atoms. The molecule has 0 aliphatic rings. The molecule has 1 aromatic heterocycles. The Kier molecular flexibility index (Phi) is 7.53. The summed E-state index contributed by atoms with van der Waals surface area (Å²) in [5.74, 6) is -0.639. The van der Waals surface area contributed by atoms with E-state index in [0.717, 1.165) is 19.8 Å². The second-order valence-electron chi connectivity index (χ2n) is 6.97. The molecule has 11 nitrogen and oxygen atoms in total. The molecule has 1 heterocycles. The zero-order chi connectivity index (χ0) is 21.6. The van der Waals surface area contributed by atoms with Gasteiger partial charge in [-0.15, -0.1) is 0 Å². The second kappa shape index (κ2) is 9.20. The first kappa shape index (κ1) is 22.9. The van der Waals surface area contributed by atoms with E-state index in [1.807, 2.05) is 0 Å². The molecule has 0 saturated heterocycles. The fourth-order valence-corrected chi connectivity index (χ4v) is 2.38. The molecule has 0 unspecified atom stereocenters. The second-order valence-corrected chi connectivity index (χ2v) is 6.97. The first-order valence-corrected chi connectivity index (χ1v) is 8.57. The summed E-state index contributed by atoms with van der Waals surface area (Å²) in [6.07, 6.45) is 0.166. The Bertz CT molecular complexity index is 921. The standard InChI is InChI=1S/C17H26N4O7/c1-7-12(22)27-8-9-28-13(23)18-17(4,5)10-20-14(24)19(6)15(25)21(11(2)3)16(20)26/h7,11H,1,8-10H2,2-6H3,(H,18,23). The molecule has 0 radical (unpaired) electrons. The van der Waals surface area contributed by atoms with Crippen LogP contribution in [0.4, 0.5) is 4.79 Å². The molecule has 11 heteroatoms. The molecule has 0 aromatic carbocycles. The van der Waals surface area contributed by atoms with Crippen LogP contribution in [0.2, 0.25) is 0 Å². The van der Waals surface area contributed by atoms with Crippen LogP contribution in [-0.4, -0.2) is 44.5 Å². The quantitative estimate of drug-likeness (QED) is 0.356. The summed E-state index contributed by atoms with van der Waals surface area (Å²) in [6, 6.07) is -0.447. The zero-order valence-corrected chi connectivity index (χ0v) is 16.7. The first-order valence-electron chi connectivity index (χ1n) is 8.57. The van der Waals surface area contributed by atoms with Gasteiger partial charge in [0.2, 0.25) is 0 Å². The minimum Gasteiger partial charge on any atom is -0.459 e. The van der Waals surface area contributed by atoms with E-state index in [-0.39, 0.29) is 19.8 Å². The lowest BCUT2D eigenvalue weighted by molar-refractivity contribution is -0.138. The average molecular weight is 398 g/mol. The van der Waals surface area contributed by atoms with Crippen molar-refractivity contribution in [3.8, 4) is 0 Å². The third kappa shape index (κ3) is 5.69. The lowest BCUT2D eigenvalue weighted by Crippen LogP contribution is -2.58. The molecular formula is C17H26N4O7. The first-order chi connectivity index (χ1) is 12.9. The van der Waals surface area contributed by atoms with Crippen LogP contribution in [0.1, 0.15) is 33.7 Å². The molecule has 0 saturated carbocycles. The summed E-state index contributed by atoms with van der Waals surface area (Å²) in [5.41, 5.74) is -3.31. The Hall–Kier alpha value is -3.11. The lowest BCUT2D eigenvalue weighted by atomic mass is 10.1. The van der Waals surface area contributed by atoms with Crippen molar-refractivity contribution in [2.75, 3.05) is 13.2 Å². The number of ether oxygens (including phenoxy) is 2. The molecule has 0 atom stereocenters. The fourth-order valence-electron chi connectivity index (χ4n) is 2.38. The molecule has 0 bridgehead atoms. The Labute approximate surface area is 161 Å². The molecule has 1 N–H and O–H groups in total. The summed E-state index contributed by atoms with van der Waals surface area (Å²) in [6.45, 7) is 9.20. The Morgan fingerprint density at radius 1 is 1.11 bits per heavy atom. The molecule has 156 valence electrons. The number of carbonyl (C=O) groups excluding carboxylic acids is 2. The Morgan fingerprint density at radius 3 is 2.21 bits per heavy atom. The van der Waals surface area contributed by atoms with Gasteiger partial charge in [-0.25, -0.2) is 37.7 Å². The van der Waals surface area contributed by atoms with Gasteiger partial charge in [0, 0.05) is 19.2 Å². The SMILES string of the molecule is C=CC(=O)OCCOC(=O)NC(C)(C)Cn1c(=O)n(C)c(=O)n(C(C)C)c1=O. The van der Waals surface area contributed by atoms with Crippen LogP contribution >= 0.6 is 0 Å². The van der Waals surface area contributed by atoms with Gasteiger partial charge in [-0.3, -0.25) is 0 Å². The van der Waals surface area contributed by atoms with Gasteiger partial charge in [0.15, 0.2) is 0 Å². The van der Waals surface area contributed by atoms with Gasteiger partial charge >= 0.3 is 29.1 Å². The number of carbonyl (C=O) groups is 2. The third-order valence-electron chi connectivity index (χ3n) is 3.69. The predicted molar refractivity (Wildman–Crippen MR) is 100 cm³/mol. The van der Waals surface area contributed by atoms with Crippen LogP contribution in [0.5, 0.6) is 0 Å². The van der Waals surface area contributed by atoms with Gasteiger partial charge in [-0.1, -0.05) is 6.58 Å². The van der Waals surface area contributed by atoms with Crippen LogP contribution in [-0.2, 0) is 27.9 Å². The highest BCUT2D eigenvalue weighted by molar-refractivity contribution is 5.81. The molecule has 1 rings (SSSR count). The molecule has 0 aliphatic carbocycles. The maximum absolute atomic E-state index is 12.6. The highest BCUT2D eigenvalue weighted by atomic mass is 16.6. The summed E-state index contributed by atoms with van der Waals surface area (Å²) < 4.78 is 12.2. The molecule has 0 aliphatic heterocycles. The van der Waals surface area contributed by atoms with E-state index in [9.17, 15) is 24.0 Å². The van der Waals surface area contributed by atoms with E-state index < -0.39 is 40.7 Å².